The summed E-state index contributed by atoms with van der Waals surface area (Å²) in [5, 5.41) is 39.5. The predicted molar refractivity (Wildman–Crippen MR) is 129 cm³/mol. The number of carbonyl (C=O) groups is 2. The van der Waals surface area contributed by atoms with Crippen molar-refractivity contribution in [1.82, 2.24) is 0 Å². The molecular weight excluding hydrogens is 440 g/mol. The smallest absolute Gasteiger partial charge is 0.330 e. The van der Waals surface area contributed by atoms with E-state index in [1.807, 2.05) is 13.8 Å². The number of carbonyl (C=O) groups excluding carboxylic acids is 1. The average Bonchev–Trinajstić information content (AvgIpc) is 3.11. The minimum absolute atomic E-state index is 0.0530. The summed E-state index contributed by atoms with van der Waals surface area (Å²) < 4.78 is 11.2. The molecule has 1 fully saturated rings. The van der Waals surface area contributed by atoms with Crippen molar-refractivity contribution in [2.45, 2.75) is 122 Å². The first-order valence-corrected chi connectivity index (χ1v) is 12.8. The lowest BCUT2D eigenvalue weighted by Gasteiger charge is -2.27. The number of unbranched alkanes of at least 4 members (excludes halogenated alkanes) is 5. The quantitative estimate of drug-likeness (QED) is 0.139. The predicted octanol–water partition coefficient (Wildman–Crippen LogP) is 3.60. The Morgan fingerprint density at radius 3 is 2.29 bits per heavy atom. The van der Waals surface area contributed by atoms with Gasteiger partial charge in [-0.2, -0.15) is 0 Å². The number of ether oxygens (including phenoxy) is 2. The monoisotopic (exact) mass is 486 g/mol. The highest BCUT2D eigenvalue weighted by Gasteiger charge is 2.40. The largest absolute Gasteiger partial charge is 0.481 e. The van der Waals surface area contributed by atoms with Gasteiger partial charge in [-0.05, 0) is 57.8 Å². The van der Waals surface area contributed by atoms with Crippen LogP contribution in [0.5, 0.6) is 0 Å². The Labute approximate surface area is 204 Å². The minimum atomic E-state index is -1.06. The van der Waals surface area contributed by atoms with E-state index in [-0.39, 0.29) is 30.8 Å². The highest BCUT2D eigenvalue weighted by molar-refractivity contribution is 5.82. The van der Waals surface area contributed by atoms with Crippen molar-refractivity contribution in [3.63, 3.8) is 0 Å². The van der Waals surface area contributed by atoms with Gasteiger partial charge in [0.25, 0.3) is 0 Å². The van der Waals surface area contributed by atoms with E-state index in [0.717, 1.165) is 38.5 Å². The van der Waals surface area contributed by atoms with Gasteiger partial charge in [-0.25, -0.2) is 4.79 Å². The number of esters is 1. The number of aliphatic hydroxyl groups is 3. The molecule has 1 aliphatic rings. The second-order valence-electron chi connectivity index (χ2n) is 10.1. The van der Waals surface area contributed by atoms with Gasteiger partial charge in [-0.15, -0.1) is 0 Å². The third-order valence-electron chi connectivity index (χ3n) is 6.66. The van der Waals surface area contributed by atoms with E-state index in [2.05, 4.69) is 0 Å². The molecule has 0 aromatic carbocycles. The standard InChI is InChI=1S/C26H46O8/c1-17(14-24(31)33-12-10-8-6-5-7-9-11-23(29)30)13-22(28)25(32)26-19(3)16-21(34-26)15-18(2)20(4)27/h14,18-22,25-28,32H,5-13,15-16H2,1-4H3,(H,29,30)/b17-14+/t18-,19-,20+,21+,22+,25+,26-/m1/s1. The van der Waals surface area contributed by atoms with Gasteiger partial charge in [-0.3, -0.25) is 4.79 Å². The fourth-order valence-corrected chi connectivity index (χ4v) is 4.37. The number of carboxylic acid groups (broad SMARTS) is 1. The van der Waals surface area contributed by atoms with Crippen molar-refractivity contribution in [1.29, 1.82) is 0 Å². The van der Waals surface area contributed by atoms with Gasteiger partial charge in [-0.1, -0.05) is 45.1 Å². The molecule has 1 rings (SSSR count). The molecule has 0 spiro atoms. The Morgan fingerprint density at radius 1 is 1.06 bits per heavy atom. The Morgan fingerprint density at radius 2 is 1.68 bits per heavy atom. The Bertz CT molecular complexity index is 632. The van der Waals surface area contributed by atoms with Crippen LogP contribution in [0.15, 0.2) is 11.6 Å². The summed E-state index contributed by atoms with van der Waals surface area (Å²) in [6, 6.07) is 0. The Hall–Kier alpha value is -1.48. The number of carboxylic acids is 1. The first-order valence-electron chi connectivity index (χ1n) is 12.8. The van der Waals surface area contributed by atoms with Crippen LogP contribution in [0.4, 0.5) is 0 Å². The Balaban J connectivity index is 2.29. The SMILES string of the molecule is C/C(=C\C(=O)OCCCCCCCCC(=O)O)C[C@H](O)[C@H](O)[C@@H]1O[C@@H](C[C@@H](C)[C@H](C)O)C[C@H]1C. The zero-order chi connectivity index (χ0) is 25.7. The number of aliphatic carboxylic acids is 1. The maximum absolute atomic E-state index is 12.0. The summed E-state index contributed by atoms with van der Waals surface area (Å²) in [6.07, 6.45) is 5.36. The summed E-state index contributed by atoms with van der Waals surface area (Å²) >= 11 is 0. The lowest BCUT2D eigenvalue weighted by molar-refractivity contribution is -0.138. The van der Waals surface area contributed by atoms with Crippen LogP contribution >= 0.6 is 0 Å². The zero-order valence-corrected chi connectivity index (χ0v) is 21.3. The lowest BCUT2D eigenvalue weighted by atomic mass is 9.90. The zero-order valence-electron chi connectivity index (χ0n) is 21.3. The molecule has 1 aliphatic heterocycles. The van der Waals surface area contributed by atoms with E-state index in [9.17, 15) is 24.9 Å². The Kier molecular flexibility index (Phi) is 14.6. The molecule has 0 bridgehead atoms. The fraction of sp³-hybridized carbons (Fsp3) is 0.846. The normalized spacial score (nSPS) is 24.4. The van der Waals surface area contributed by atoms with Crippen LogP contribution in [-0.4, -0.2) is 69.5 Å². The van der Waals surface area contributed by atoms with E-state index in [4.69, 9.17) is 14.6 Å². The van der Waals surface area contributed by atoms with Crippen molar-refractivity contribution in [2.75, 3.05) is 6.61 Å². The first kappa shape index (κ1) is 30.6. The third-order valence-corrected chi connectivity index (χ3v) is 6.66. The van der Waals surface area contributed by atoms with Gasteiger partial charge in [0, 0.05) is 12.5 Å². The van der Waals surface area contributed by atoms with Crippen LogP contribution in [0.1, 0.15) is 91.9 Å². The molecular formula is C26H46O8. The summed E-state index contributed by atoms with van der Waals surface area (Å²) in [6.45, 7) is 7.76. The van der Waals surface area contributed by atoms with Crippen LogP contribution in [0.2, 0.25) is 0 Å². The molecule has 8 heteroatoms. The number of aliphatic hydroxyl groups excluding tert-OH is 3. The summed E-state index contributed by atoms with van der Waals surface area (Å²) in [7, 11) is 0. The number of hydrogen-bond donors (Lipinski definition) is 4. The van der Waals surface area contributed by atoms with Gasteiger partial charge in [0.05, 0.1) is 31.0 Å². The molecule has 0 aromatic rings. The lowest BCUT2D eigenvalue weighted by Crippen LogP contribution is -2.40. The van der Waals surface area contributed by atoms with E-state index < -0.39 is 36.4 Å². The van der Waals surface area contributed by atoms with E-state index in [1.165, 1.54) is 6.08 Å². The van der Waals surface area contributed by atoms with Crippen LogP contribution in [0.3, 0.4) is 0 Å². The highest BCUT2D eigenvalue weighted by atomic mass is 16.5. The van der Waals surface area contributed by atoms with Crippen molar-refractivity contribution in [2.24, 2.45) is 11.8 Å². The molecule has 0 amide bonds. The maximum Gasteiger partial charge on any atom is 0.330 e. The van der Waals surface area contributed by atoms with Crippen LogP contribution in [-0.2, 0) is 19.1 Å². The van der Waals surface area contributed by atoms with Gasteiger partial charge in [0.1, 0.15) is 6.10 Å². The molecule has 0 aliphatic carbocycles. The number of hydrogen-bond acceptors (Lipinski definition) is 7. The summed E-state index contributed by atoms with van der Waals surface area (Å²) in [4.78, 5) is 22.5. The van der Waals surface area contributed by atoms with Crippen LogP contribution in [0.25, 0.3) is 0 Å². The summed E-state index contributed by atoms with van der Waals surface area (Å²) in [5.74, 6) is -1.04. The van der Waals surface area contributed by atoms with E-state index >= 15 is 0 Å². The molecule has 0 saturated carbocycles. The molecule has 34 heavy (non-hydrogen) atoms. The van der Waals surface area contributed by atoms with E-state index in [1.54, 1.807) is 13.8 Å². The van der Waals surface area contributed by atoms with Crippen LogP contribution in [0, 0.1) is 11.8 Å². The molecule has 0 radical (unpaired) electrons. The molecule has 4 N–H and O–H groups in total. The molecule has 8 nitrogen and oxygen atoms in total. The number of rotatable bonds is 17. The summed E-state index contributed by atoms with van der Waals surface area (Å²) in [5.41, 5.74) is 0.625. The fourth-order valence-electron chi connectivity index (χ4n) is 4.37. The molecule has 1 heterocycles. The molecule has 198 valence electrons. The van der Waals surface area contributed by atoms with Gasteiger partial charge in [0.2, 0.25) is 0 Å². The van der Waals surface area contributed by atoms with Crippen molar-refractivity contribution in [3.8, 4) is 0 Å². The second-order valence-corrected chi connectivity index (χ2v) is 10.1. The minimum Gasteiger partial charge on any atom is -0.481 e. The average molecular weight is 487 g/mol. The third kappa shape index (κ3) is 12.3. The second kappa shape index (κ2) is 16.2. The molecule has 7 atom stereocenters. The molecule has 0 aromatic heterocycles. The van der Waals surface area contributed by atoms with Crippen molar-refractivity contribution >= 4 is 11.9 Å². The van der Waals surface area contributed by atoms with Crippen molar-refractivity contribution < 1.29 is 39.5 Å². The maximum atomic E-state index is 12.0. The molecule has 0 unspecified atom stereocenters. The first-order chi connectivity index (χ1) is 16.0. The topological polar surface area (TPSA) is 134 Å². The van der Waals surface area contributed by atoms with Crippen LogP contribution < -0.4 is 0 Å². The molecule has 1 saturated heterocycles. The van der Waals surface area contributed by atoms with Gasteiger partial charge in [0.15, 0.2) is 0 Å². The van der Waals surface area contributed by atoms with E-state index in [0.29, 0.717) is 25.0 Å². The van der Waals surface area contributed by atoms with Gasteiger partial charge >= 0.3 is 11.9 Å². The van der Waals surface area contributed by atoms with Gasteiger partial charge < -0.3 is 29.9 Å². The van der Waals surface area contributed by atoms with Crippen molar-refractivity contribution in [3.05, 3.63) is 11.6 Å². The highest BCUT2D eigenvalue weighted by Crippen LogP contribution is 2.33.